The van der Waals surface area contributed by atoms with Crippen LogP contribution in [0.1, 0.15) is 63.3 Å². The second-order valence-electron chi connectivity index (χ2n) is 30.4. The van der Waals surface area contributed by atoms with Crippen LogP contribution in [0.3, 0.4) is 0 Å². The molecule has 11 heterocycles. The zero-order valence-corrected chi connectivity index (χ0v) is 78.3. The molecule has 7 aromatic carbocycles. The van der Waals surface area contributed by atoms with Crippen molar-refractivity contribution < 1.29 is 91.3 Å². The van der Waals surface area contributed by atoms with E-state index in [0.717, 1.165) is 24.2 Å². The summed E-state index contributed by atoms with van der Waals surface area (Å²) in [4.78, 5) is 37.0. The molecule has 1 atom stereocenters. The van der Waals surface area contributed by atoms with Crippen molar-refractivity contribution in [1.29, 1.82) is 0 Å². The molecule has 0 saturated carbocycles. The van der Waals surface area contributed by atoms with Crippen LogP contribution in [0.25, 0.3) is 126 Å². The molecule has 11 aromatic heterocycles. The SMILES string of the molecule is CC(C)Cc1cc(-c2nc(-c3ccc(S(N)(=O)=O)cc3)no2)no1.CC(C)Cc1ccc(C(C)c2nc(-c3ccc(S(N)(=O)=O)cc3)no2)cc1.COc1cc(-c2nc(-c3ccc(S(N)(=O)=O)cc3)no2)ccn1.NS(=O)(=O)c1ccc(-c2noc(-c3ccnc(F)c3)n2)cc1.NS(=O)(=O)c1ccc(-c2noc(-c3ccnnc3)n2)cc1.Nc1cc(-c2nc(-c3ccc(S(N)(=O)=O)cc3)no2)ccn1. The van der Waals surface area contributed by atoms with E-state index < -0.39 is 66.1 Å². The number of rotatable bonds is 24. The van der Waals surface area contributed by atoms with Gasteiger partial charge < -0.3 is 42.1 Å². The fourth-order valence-electron chi connectivity index (χ4n) is 12.2. The summed E-state index contributed by atoms with van der Waals surface area (Å²) in [6.45, 7) is 10.6. The van der Waals surface area contributed by atoms with Crippen LogP contribution in [0.15, 0.2) is 310 Å². The lowest BCUT2D eigenvalue weighted by Crippen LogP contribution is -2.11. The summed E-state index contributed by atoms with van der Waals surface area (Å²) in [5.74, 6) is 5.63. The van der Waals surface area contributed by atoms with E-state index in [0.29, 0.717) is 138 Å². The molecule has 0 saturated heterocycles. The minimum absolute atomic E-state index is 0.0156. The van der Waals surface area contributed by atoms with Crippen molar-refractivity contribution in [1.82, 2.24) is 91.1 Å². The zero-order chi connectivity index (χ0) is 99.7. The number of primary sulfonamides is 6. The number of hydrogen-bond acceptors (Lipinski definition) is 39. The van der Waals surface area contributed by atoms with Gasteiger partial charge in [0, 0.05) is 93.3 Å². The van der Waals surface area contributed by atoms with Crippen LogP contribution in [-0.4, -0.2) is 149 Å². The predicted molar refractivity (Wildman–Crippen MR) is 495 cm³/mol. The van der Waals surface area contributed by atoms with Crippen molar-refractivity contribution >= 4 is 66.0 Å². The van der Waals surface area contributed by atoms with Crippen LogP contribution in [-0.2, 0) is 73.0 Å². The van der Waals surface area contributed by atoms with Crippen molar-refractivity contribution in [2.24, 2.45) is 42.7 Å². The summed E-state index contributed by atoms with van der Waals surface area (Å²) in [5, 5.41) is 64.9. The topological polar surface area (TPSA) is 720 Å². The first-order valence-corrected chi connectivity index (χ1v) is 49.7. The summed E-state index contributed by atoms with van der Waals surface area (Å²) in [6, 6.07) is 56.6. The number of benzene rings is 7. The van der Waals surface area contributed by atoms with Crippen LogP contribution >= 0.6 is 0 Å². The smallest absolute Gasteiger partial charge is 0.280 e. The Morgan fingerprint density at radius 2 is 0.640 bits per heavy atom. The van der Waals surface area contributed by atoms with E-state index >= 15 is 0 Å². The first kappa shape index (κ1) is 101. The van der Waals surface area contributed by atoms with E-state index in [1.165, 1.54) is 135 Å². The molecule has 52 heteroatoms. The molecule has 18 aromatic rings. The fraction of sp³-hybridized carbons (Fsp3) is 0.126. The number of hydrogen-bond donors (Lipinski definition) is 7. The third-order valence-electron chi connectivity index (χ3n) is 19.1. The lowest BCUT2D eigenvalue weighted by molar-refractivity contribution is 0.366. The van der Waals surface area contributed by atoms with Gasteiger partial charge in [-0.2, -0.15) is 44.5 Å². The second-order valence-corrected chi connectivity index (χ2v) is 39.7. The Hall–Kier alpha value is -15.9. The molecular formula is C87H80FN25O20S6. The standard InChI is InChI=1S/C20H23N3O3S.C15H16N4O4S.C14H12N4O4S.C13H9FN4O3S.C13H11N5O3S.C12H9N5O3S/c1-13(2)12-15-4-6-16(7-5-15)14(3)20-22-19(23-26-20)17-8-10-18(11-9-17)27(21,24)25;1-9(2)7-11-8-13(18-22-11)15-17-14(19-23-15)10-3-5-12(6-4-10)24(16,20)21;1-21-12-8-10(6-7-16-12)14-17-13(18-22-14)9-2-4-11(5-3-9)23(15,19)20;2*14-11-7-9(5-6-16-11)13-17-12(18-21-13)8-1-3-10(4-2-8)22(15,19)20;13-21(18,19)10-3-1-8(2-4-10)11-16-12(20-17-11)9-5-6-14-15-7-9/h4-11,13-14H,12H2,1-3H3,(H2,21,24,25);3-6,8-9H,7H2,1-2H3,(H2,16,20,21);2-8H,1H3,(H2,15,19,20);1-7H,(H2,15,19,20);1-7H,(H2,14,16)(H2,15,19,20);1-7H,(H2,13,18,19). The van der Waals surface area contributed by atoms with Gasteiger partial charge in [0.1, 0.15) is 11.6 Å². The monoisotopic (exact) mass is 2010 g/mol. The molecule has 0 radical (unpaired) electrons. The largest absolute Gasteiger partial charge is 0.481 e. The molecule has 0 fully saturated rings. The van der Waals surface area contributed by atoms with Crippen LogP contribution in [0, 0.1) is 17.8 Å². The van der Waals surface area contributed by atoms with Crippen molar-refractivity contribution in [3.8, 4) is 132 Å². The fourth-order valence-corrected chi connectivity index (χ4v) is 15.3. The molecule has 0 amide bonds. The third kappa shape index (κ3) is 27.5. The van der Waals surface area contributed by atoms with Crippen LogP contribution in [0.2, 0.25) is 0 Å². The van der Waals surface area contributed by atoms with Gasteiger partial charge in [0.2, 0.25) is 113 Å². The van der Waals surface area contributed by atoms with Crippen LogP contribution in [0.5, 0.6) is 5.88 Å². The minimum atomic E-state index is -3.76. The maximum Gasteiger partial charge on any atom is 0.280 e. The molecule has 45 nitrogen and oxygen atoms in total. The highest BCUT2D eigenvalue weighted by atomic mass is 32.2. The van der Waals surface area contributed by atoms with Gasteiger partial charge in [-0.15, -0.1) is 0 Å². The number of aromatic nitrogens is 18. The molecular weight excluding hydrogens is 1930 g/mol. The summed E-state index contributed by atoms with van der Waals surface area (Å²) in [5.41, 5.74) is 14.4. The molecule has 0 bridgehead atoms. The quantitative estimate of drug-likeness (QED) is 0.0276. The summed E-state index contributed by atoms with van der Waals surface area (Å²) < 4.78 is 189. The molecule has 139 heavy (non-hydrogen) atoms. The van der Waals surface area contributed by atoms with E-state index in [4.69, 9.17) is 73.0 Å². The molecule has 0 aliphatic rings. The summed E-state index contributed by atoms with van der Waals surface area (Å²) >= 11 is 0. The van der Waals surface area contributed by atoms with Gasteiger partial charge in [-0.1, -0.05) is 88.1 Å². The number of anilines is 1. The molecule has 0 aliphatic carbocycles. The number of pyridine rings is 3. The van der Waals surface area contributed by atoms with E-state index in [9.17, 15) is 54.9 Å². The number of nitrogens with two attached hydrogens (primary N) is 7. The summed E-state index contributed by atoms with van der Waals surface area (Å²) in [7, 11) is -20.9. The Balaban J connectivity index is 0.000000141. The third-order valence-corrected chi connectivity index (χ3v) is 24.7. The average Bonchev–Trinajstić information content (AvgIpc) is 1.69. The highest BCUT2D eigenvalue weighted by Gasteiger charge is 2.24. The van der Waals surface area contributed by atoms with E-state index in [-0.39, 0.29) is 52.9 Å². The highest BCUT2D eigenvalue weighted by molar-refractivity contribution is 7.90. The Labute approximate surface area is 791 Å². The number of nitrogen functional groups attached to an aromatic ring is 1. The maximum atomic E-state index is 13.1. The Morgan fingerprint density at radius 1 is 0.317 bits per heavy atom. The lowest BCUT2D eigenvalue weighted by atomic mass is 9.97. The van der Waals surface area contributed by atoms with Gasteiger partial charge in [0.05, 0.1) is 60.4 Å². The number of methoxy groups -OCH3 is 1. The highest BCUT2D eigenvalue weighted by Crippen LogP contribution is 2.33. The normalized spacial score (nSPS) is 11.9. The van der Waals surface area contributed by atoms with Crippen LogP contribution < -0.4 is 41.3 Å². The summed E-state index contributed by atoms with van der Waals surface area (Å²) in [6.07, 6.45) is 9.22. The van der Waals surface area contributed by atoms with Crippen molar-refractivity contribution in [2.75, 3.05) is 12.8 Å². The second kappa shape index (κ2) is 43.4. The first-order valence-electron chi connectivity index (χ1n) is 40.4. The van der Waals surface area contributed by atoms with Gasteiger partial charge in [-0.05, 0) is 212 Å². The lowest BCUT2D eigenvalue weighted by Gasteiger charge is -2.09. The molecule has 0 spiro atoms. The van der Waals surface area contributed by atoms with Gasteiger partial charge in [0.25, 0.3) is 29.5 Å². The van der Waals surface area contributed by atoms with E-state index in [1.807, 2.05) is 6.92 Å². The van der Waals surface area contributed by atoms with E-state index in [1.54, 1.807) is 103 Å². The predicted octanol–water partition coefficient (Wildman–Crippen LogP) is 10.9. The molecule has 1 unspecified atom stereocenters. The number of ether oxygens (including phenoxy) is 1. The van der Waals surface area contributed by atoms with Crippen molar-refractivity contribution in [2.45, 2.75) is 82.8 Å². The number of nitrogens with zero attached hydrogens (tertiary/aromatic N) is 18. The van der Waals surface area contributed by atoms with Crippen LogP contribution in [0.4, 0.5) is 10.2 Å². The van der Waals surface area contributed by atoms with E-state index in [2.05, 4.69) is 143 Å². The van der Waals surface area contributed by atoms with Crippen molar-refractivity contribution in [3.05, 3.63) is 278 Å². The minimum Gasteiger partial charge on any atom is -0.481 e. The zero-order valence-electron chi connectivity index (χ0n) is 73.4. The van der Waals surface area contributed by atoms with Gasteiger partial charge >= 0.3 is 0 Å². The first-order chi connectivity index (χ1) is 65.9. The Morgan fingerprint density at radius 3 is 0.986 bits per heavy atom. The Kier molecular flexibility index (Phi) is 31.4. The molecule has 18 rings (SSSR count). The maximum absolute atomic E-state index is 13.1. The average molecular weight is 2010 g/mol. The van der Waals surface area contributed by atoms with Gasteiger partial charge in [0.15, 0.2) is 5.69 Å². The number of halogens is 1. The Bertz CT molecular complexity index is 7870. The molecule has 716 valence electrons. The van der Waals surface area contributed by atoms with Crippen molar-refractivity contribution in [3.63, 3.8) is 0 Å². The molecule has 14 N–H and O–H groups in total. The number of sulfonamides is 6. The molecule has 0 aliphatic heterocycles. The van der Waals surface area contributed by atoms with Gasteiger partial charge in [-0.25, -0.2) is 96.3 Å². The van der Waals surface area contributed by atoms with Gasteiger partial charge in [-0.3, -0.25) is 0 Å².